The predicted molar refractivity (Wildman–Crippen MR) is 101 cm³/mol. The molecule has 0 radical (unpaired) electrons. The van der Waals surface area contributed by atoms with E-state index in [4.69, 9.17) is 16.2 Å². The Morgan fingerprint density at radius 2 is 1.88 bits per heavy atom. The largest absolute Gasteiger partial charge is 0.453 e. The van der Waals surface area contributed by atoms with E-state index in [1.165, 1.54) is 7.05 Å². The molecule has 1 amide bonds. The summed E-state index contributed by atoms with van der Waals surface area (Å²) in [5, 5.41) is 3.31. The summed E-state index contributed by atoms with van der Waals surface area (Å²) in [6.45, 7) is 0. The highest BCUT2D eigenvalue weighted by Crippen LogP contribution is 2.32. The van der Waals surface area contributed by atoms with Crippen LogP contribution in [0.25, 0.3) is 10.9 Å². The number of anilines is 1. The average Bonchev–Trinajstić information content (AvgIpc) is 3.02. The van der Waals surface area contributed by atoms with Crippen LogP contribution in [0.3, 0.4) is 0 Å². The summed E-state index contributed by atoms with van der Waals surface area (Å²) in [5.41, 5.74) is 13.0. The lowest BCUT2D eigenvalue weighted by Crippen LogP contribution is -2.36. The highest BCUT2D eigenvalue weighted by atomic mass is 35.5. The number of H-pyrrole nitrogens is 1. The van der Waals surface area contributed by atoms with Crippen LogP contribution in [0.5, 0.6) is 11.5 Å². The van der Waals surface area contributed by atoms with Crippen LogP contribution < -0.4 is 21.5 Å². The summed E-state index contributed by atoms with van der Waals surface area (Å²) in [5.74, 6) is 0.793. The Bertz CT molecular complexity index is 936. The van der Waals surface area contributed by atoms with Gasteiger partial charge in [0.15, 0.2) is 11.7 Å². The fourth-order valence-electron chi connectivity index (χ4n) is 2.27. The van der Waals surface area contributed by atoms with E-state index < -0.39 is 0 Å². The topological polar surface area (TPSA) is 119 Å². The first-order valence-electron chi connectivity index (χ1n) is 7.26. The Hall–Kier alpha value is -3.19. The lowest BCUT2D eigenvalue weighted by molar-refractivity contribution is 0.0972. The van der Waals surface area contributed by atoms with Crippen molar-refractivity contribution in [1.29, 1.82) is 0 Å². The van der Waals surface area contributed by atoms with Crippen LogP contribution in [0.2, 0.25) is 0 Å². The Kier molecular flexibility index (Phi) is 5.51. The number of para-hydroxylation sites is 3. The Balaban J connectivity index is 0.00000225. The number of halogens is 1. The average molecular weight is 360 g/mol. The molecule has 0 unspecified atom stereocenters. The molecule has 6 N–H and O–H groups in total. The van der Waals surface area contributed by atoms with Gasteiger partial charge in [0.1, 0.15) is 11.4 Å². The Labute approximate surface area is 150 Å². The summed E-state index contributed by atoms with van der Waals surface area (Å²) in [7, 11) is 1.50. The quantitative estimate of drug-likeness (QED) is 0.326. The van der Waals surface area contributed by atoms with Crippen molar-refractivity contribution in [2.24, 2.45) is 10.7 Å². The lowest BCUT2D eigenvalue weighted by atomic mass is 10.2. The Morgan fingerprint density at radius 3 is 2.60 bits per heavy atom. The Morgan fingerprint density at radius 1 is 1.16 bits per heavy atom. The van der Waals surface area contributed by atoms with E-state index in [9.17, 15) is 4.79 Å². The van der Waals surface area contributed by atoms with E-state index >= 15 is 0 Å². The molecule has 130 valence electrons. The first kappa shape index (κ1) is 18.2. The van der Waals surface area contributed by atoms with E-state index in [-0.39, 0.29) is 24.3 Å². The molecule has 1 aromatic heterocycles. The summed E-state index contributed by atoms with van der Waals surface area (Å²) in [4.78, 5) is 18.9. The van der Waals surface area contributed by atoms with E-state index in [1.54, 1.807) is 24.3 Å². The van der Waals surface area contributed by atoms with Crippen molar-refractivity contribution in [1.82, 2.24) is 10.3 Å². The van der Waals surface area contributed by atoms with Gasteiger partial charge in [-0.2, -0.15) is 0 Å². The first-order chi connectivity index (χ1) is 11.6. The number of hydrogen-bond acceptors (Lipinski definition) is 4. The van der Waals surface area contributed by atoms with Crippen molar-refractivity contribution in [2.45, 2.75) is 0 Å². The third-order valence-corrected chi connectivity index (χ3v) is 3.48. The molecule has 1 heterocycles. The van der Waals surface area contributed by atoms with Gasteiger partial charge in [-0.3, -0.25) is 15.1 Å². The van der Waals surface area contributed by atoms with Gasteiger partial charge >= 0.3 is 0 Å². The molecule has 0 saturated heterocycles. The molecule has 8 heteroatoms. The van der Waals surface area contributed by atoms with Gasteiger partial charge in [-0.1, -0.05) is 24.3 Å². The zero-order valence-electron chi connectivity index (χ0n) is 13.4. The van der Waals surface area contributed by atoms with Crippen LogP contribution in [-0.4, -0.2) is 23.9 Å². The zero-order valence-corrected chi connectivity index (χ0v) is 14.3. The fraction of sp³-hybridized carbons (Fsp3) is 0.0588. The molecule has 7 nitrogen and oxygen atoms in total. The van der Waals surface area contributed by atoms with Gasteiger partial charge in [0.05, 0.1) is 11.2 Å². The molecular formula is C17H18ClN5O2. The third kappa shape index (κ3) is 3.84. The van der Waals surface area contributed by atoms with Gasteiger partial charge < -0.3 is 21.2 Å². The maximum absolute atomic E-state index is 12.1. The molecule has 0 fully saturated rings. The number of aromatic amines is 1. The first-order valence-corrected chi connectivity index (χ1v) is 7.26. The van der Waals surface area contributed by atoms with Gasteiger partial charge in [0.2, 0.25) is 0 Å². The number of benzene rings is 2. The zero-order chi connectivity index (χ0) is 17.1. The number of aromatic nitrogens is 1. The number of amides is 1. The molecule has 2 aromatic carbocycles. The molecule has 0 aliphatic rings. The van der Waals surface area contributed by atoms with Crippen LogP contribution in [0, 0.1) is 0 Å². The van der Waals surface area contributed by atoms with E-state index in [1.807, 2.05) is 24.3 Å². The van der Waals surface area contributed by atoms with Crippen molar-refractivity contribution in [3.63, 3.8) is 0 Å². The SMILES string of the molecule is CN=C(N)NC(=O)c1cc2cccc(Oc3ccccc3N)c2[nH]1.Cl. The molecular weight excluding hydrogens is 342 g/mol. The minimum absolute atomic E-state index is 0. The summed E-state index contributed by atoms with van der Waals surface area (Å²) >= 11 is 0. The number of nitrogen functional groups attached to an aromatic ring is 1. The van der Waals surface area contributed by atoms with Crippen LogP contribution in [0.4, 0.5) is 5.69 Å². The van der Waals surface area contributed by atoms with Gasteiger partial charge in [-0.15, -0.1) is 12.4 Å². The number of nitrogens with zero attached hydrogens (tertiary/aromatic N) is 1. The van der Waals surface area contributed by atoms with Gasteiger partial charge in [-0.05, 0) is 24.3 Å². The van der Waals surface area contributed by atoms with Gasteiger partial charge in [0.25, 0.3) is 5.91 Å². The molecule has 0 bridgehead atoms. The van der Waals surface area contributed by atoms with Crippen molar-refractivity contribution in [3.8, 4) is 11.5 Å². The molecule has 0 atom stereocenters. The van der Waals surface area contributed by atoms with Crippen molar-refractivity contribution >= 4 is 40.9 Å². The summed E-state index contributed by atoms with van der Waals surface area (Å²) < 4.78 is 5.88. The van der Waals surface area contributed by atoms with E-state index in [0.717, 1.165) is 5.39 Å². The number of rotatable bonds is 3. The maximum atomic E-state index is 12.1. The summed E-state index contributed by atoms with van der Waals surface area (Å²) in [6.07, 6.45) is 0. The second-order valence-electron chi connectivity index (χ2n) is 5.11. The fourth-order valence-corrected chi connectivity index (χ4v) is 2.27. The smallest absolute Gasteiger partial charge is 0.274 e. The third-order valence-electron chi connectivity index (χ3n) is 3.48. The lowest BCUT2D eigenvalue weighted by Gasteiger charge is -2.09. The van der Waals surface area contributed by atoms with Gasteiger partial charge in [0, 0.05) is 12.4 Å². The van der Waals surface area contributed by atoms with Crippen LogP contribution in [-0.2, 0) is 0 Å². The normalized spacial score (nSPS) is 11.0. The number of nitrogens with one attached hydrogen (secondary N) is 2. The molecule has 3 rings (SSSR count). The van der Waals surface area contributed by atoms with Crippen molar-refractivity contribution in [2.75, 3.05) is 12.8 Å². The number of guanidine groups is 1. The minimum atomic E-state index is -0.375. The van der Waals surface area contributed by atoms with E-state index in [0.29, 0.717) is 28.4 Å². The minimum Gasteiger partial charge on any atom is -0.453 e. The van der Waals surface area contributed by atoms with Crippen molar-refractivity contribution < 1.29 is 9.53 Å². The monoisotopic (exact) mass is 359 g/mol. The maximum Gasteiger partial charge on any atom is 0.274 e. The van der Waals surface area contributed by atoms with Crippen molar-refractivity contribution in [3.05, 3.63) is 54.2 Å². The van der Waals surface area contributed by atoms with Crippen LogP contribution in [0.1, 0.15) is 10.5 Å². The van der Waals surface area contributed by atoms with Crippen LogP contribution >= 0.6 is 12.4 Å². The number of nitrogens with two attached hydrogens (primary N) is 2. The van der Waals surface area contributed by atoms with Gasteiger partial charge in [-0.25, -0.2) is 0 Å². The number of carbonyl (C=O) groups is 1. The summed E-state index contributed by atoms with van der Waals surface area (Å²) in [6, 6.07) is 14.4. The number of hydrogen-bond donors (Lipinski definition) is 4. The van der Waals surface area contributed by atoms with E-state index in [2.05, 4.69) is 15.3 Å². The molecule has 0 spiro atoms. The number of carbonyl (C=O) groups excluding carboxylic acids is 1. The molecule has 0 aliphatic heterocycles. The second-order valence-corrected chi connectivity index (χ2v) is 5.11. The highest BCUT2D eigenvalue weighted by Gasteiger charge is 2.13. The number of ether oxygens (including phenoxy) is 1. The number of aliphatic imine (C=N–C) groups is 1. The molecule has 0 saturated carbocycles. The molecule has 0 aliphatic carbocycles. The second kappa shape index (κ2) is 7.59. The molecule has 3 aromatic rings. The molecule has 25 heavy (non-hydrogen) atoms. The standard InChI is InChI=1S/C17H17N5O2.ClH/c1-20-17(19)22-16(23)12-9-10-5-4-8-14(15(10)21-12)24-13-7-3-2-6-11(13)18;/h2-9,21H,18H2,1H3,(H3,19,20,22,23);1H. The number of fused-ring (bicyclic) bond motifs is 1. The van der Waals surface area contributed by atoms with Crippen LogP contribution in [0.15, 0.2) is 53.5 Å². The predicted octanol–water partition coefficient (Wildman–Crippen LogP) is 2.64. The highest BCUT2D eigenvalue weighted by molar-refractivity contribution is 6.07.